The van der Waals surface area contributed by atoms with Crippen LogP contribution in [0.2, 0.25) is 0 Å². The molecule has 0 aromatic heterocycles. The smallest absolute Gasteiger partial charge is 0.265 e. The molecule has 0 atom stereocenters. The molecule has 1 aromatic rings. The third-order valence-electron chi connectivity index (χ3n) is 2.79. The van der Waals surface area contributed by atoms with Crippen LogP contribution in [-0.2, 0) is 4.79 Å². The van der Waals surface area contributed by atoms with Crippen LogP contribution < -0.4 is 9.47 Å². The van der Waals surface area contributed by atoms with E-state index in [1.807, 2.05) is 25.1 Å². The third-order valence-corrected chi connectivity index (χ3v) is 4.28. The van der Waals surface area contributed by atoms with E-state index in [2.05, 4.69) is 0 Å². The summed E-state index contributed by atoms with van der Waals surface area (Å²) in [5.41, 5.74) is 0.806. The third kappa shape index (κ3) is 2.81. The molecule has 20 heavy (non-hydrogen) atoms. The predicted molar refractivity (Wildman–Crippen MR) is 85.1 cm³/mol. The number of rotatable bonds is 4. The topological polar surface area (TPSA) is 38.8 Å². The quantitative estimate of drug-likeness (QED) is 0.631. The second kappa shape index (κ2) is 6.28. The molecule has 1 aromatic carbocycles. The van der Waals surface area contributed by atoms with E-state index in [4.69, 9.17) is 21.7 Å². The van der Waals surface area contributed by atoms with Gasteiger partial charge >= 0.3 is 0 Å². The van der Waals surface area contributed by atoms with Crippen molar-refractivity contribution in [2.75, 3.05) is 20.8 Å². The Morgan fingerprint density at radius 3 is 2.75 bits per heavy atom. The van der Waals surface area contributed by atoms with E-state index < -0.39 is 0 Å². The van der Waals surface area contributed by atoms with Gasteiger partial charge in [-0.3, -0.25) is 9.69 Å². The minimum atomic E-state index is -0.0923. The van der Waals surface area contributed by atoms with E-state index in [-0.39, 0.29) is 5.91 Å². The van der Waals surface area contributed by atoms with Gasteiger partial charge in [-0.05, 0) is 19.1 Å². The van der Waals surface area contributed by atoms with E-state index in [1.165, 1.54) is 16.7 Å². The van der Waals surface area contributed by atoms with E-state index in [0.717, 1.165) is 5.56 Å². The van der Waals surface area contributed by atoms with Crippen LogP contribution in [0.15, 0.2) is 23.1 Å². The number of hydrogen-bond acceptors (Lipinski definition) is 5. The van der Waals surface area contributed by atoms with Crippen molar-refractivity contribution in [1.82, 2.24) is 4.90 Å². The van der Waals surface area contributed by atoms with E-state index in [1.54, 1.807) is 20.2 Å². The van der Waals surface area contributed by atoms with Crippen LogP contribution in [0.3, 0.4) is 0 Å². The second-order valence-electron chi connectivity index (χ2n) is 4.05. The number of likely N-dealkylation sites (N-methyl/N-ethyl adjacent to an activating group) is 1. The van der Waals surface area contributed by atoms with Gasteiger partial charge < -0.3 is 9.47 Å². The summed E-state index contributed by atoms with van der Waals surface area (Å²) in [4.78, 5) is 14.1. The molecule has 0 N–H and O–H groups in total. The number of thiocarbonyl (C=S) groups is 1. The van der Waals surface area contributed by atoms with Crippen LogP contribution in [0.4, 0.5) is 0 Å². The van der Waals surface area contributed by atoms with Crippen LogP contribution in [0.1, 0.15) is 12.5 Å². The van der Waals surface area contributed by atoms with Gasteiger partial charge in [0.15, 0.2) is 11.5 Å². The minimum Gasteiger partial charge on any atom is -0.493 e. The van der Waals surface area contributed by atoms with Crippen LogP contribution in [0.25, 0.3) is 6.08 Å². The molecule has 0 unspecified atom stereocenters. The van der Waals surface area contributed by atoms with Gasteiger partial charge in [-0.15, -0.1) is 0 Å². The van der Waals surface area contributed by atoms with Gasteiger partial charge in [0.1, 0.15) is 4.32 Å². The van der Waals surface area contributed by atoms with Crippen LogP contribution >= 0.6 is 24.0 Å². The molecule has 1 fully saturated rings. The summed E-state index contributed by atoms with van der Waals surface area (Å²) >= 11 is 6.41. The Morgan fingerprint density at radius 2 is 2.20 bits per heavy atom. The number of para-hydroxylation sites is 1. The maximum absolute atomic E-state index is 12.0. The number of carbonyl (C=O) groups excluding carboxylic acids is 1. The van der Waals surface area contributed by atoms with Crippen molar-refractivity contribution in [2.45, 2.75) is 6.92 Å². The zero-order valence-corrected chi connectivity index (χ0v) is 13.1. The molecular weight excluding hydrogens is 294 g/mol. The van der Waals surface area contributed by atoms with Crippen molar-refractivity contribution >= 4 is 40.3 Å². The van der Waals surface area contributed by atoms with Gasteiger partial charge in [0.2, 0.25) is 0 Å². The molecule has 4 nitrogen and oxygen atoms in total. The second-order valence-corrected chi connectivity index (χ2v) is 5.73. The molecule has 1 aliphatic heterocycles. The lowest BCUT2D eigenvalue weighted by Crippen LogP contribution is -2.22. The largest absolute Gasteiger partial charge is 0.493 e. The van der Waals surface area contributed by atoms with Crippen LogP contribution in [-0.4, -0.2) is 35.9 Å². The number of thioether (sulfide) groups is 1. The van der Waals surface area contributed by atoms with Crippen LogP contribution in [0, 0.1) is 0 Å². The summed E-state index contributed by atoms with van der Waals surface area (Å²) in [6.07, 6.45) is 1.79. The summed E-state index contributed by atoms with van der Waals surface area (Å²) in [7, 11) is 3.26. The van der Waals surface area contributed by atoms with Crippen molar-refractivity contribution in [3.63, 3.8) is 0 Å². The molecule has 1 amide bonds. The van der Waals surface area contributed by atoms with Gasteiger partial charge in [0.25, 0.3) is 5.91 Å². The zero-order chi connectivity index (χ0) is 14.7. The average Bonchev–Trinajstić information content (AvgIpc) is 2.68. The molecule has 1 aliphatic rings. The first-order valence-corrected chi connectivity index (χ1v) is 7.32. The lowest BCUT2D eigenvalue weighted by atomic mass is 10.1. The first kappa shape index (κ1) is 14.9. The molecule has 6 heteroatoms. The Kier molecular flexibility index (Phi) is 4.67. The highest BCUT2D eigenvalue weighted by Gasteiger charge is 2.29. The van der Waals surface area contributed by atoms with Gasteiger partial charge in [-0.2, -0.15) is 0 Å². The number of ether oxygens (including phenoxy) is 2. The molecule has 0 spiro atoms. The Labute approximate surface area is 127 Å². The number of methoxy groups -OCH3 is 1. The van der Waals surface area contributed by atoms with E-state index in [9.17, 15) is 4.79 Å². The molecule has 2 rings (SSSR count). The fourth-order valence-electron chi connectivity index (χ4n) is 1.79. The summed E-state index contributed by atoms with van der Waals surface area (Å²) in [5, 5.41) is 0. The van der Waals surface area contributed by atoms with Gasteiger partial charge in [-0.1, -0.05) is 36.1 Å². The van der Waals surface area contributed by atoms with Gasteiger partial charge in [0, 0.05) is 12.6 Å². The molecule has 0 radical (unpaired) electrons. The van der Waals surface area contributed by atoms with Crippen molar-refractivity contribution in [3.05, 3.63) is 28.7 Å². The summed E-state index contributed by atoms with van der Waals surface area (Å²) in [6.45, 7) is 2.43. The van der Waals surface area contributed by atoms with Crippen LogP contribution in [0.5, 0.6) is 11.5 Å². The standard InChI is InChI=1S/C14H15NO3S2/c1-4-18-12-9(6-5-7-10(12)17-3)8-11-13(16)15(2)14(19)20-11/h5-8H,4H2,1-3H3. The first-order valence-electron chi connectivity index (χ1n) is 6.09. The number of benzene rings is 1. The lowest BCUT2D eigenvalue weighted by Gasteiger charge is -2.12. The van der Waals surface area contributed by atoms with Gasteiger partial charge in [-0.25, -0.2) is 0 Å². The lowest BCUT2D eigenvalue weighted by molar-refractivity contribution is -0.121. The number of nitrogens with zero attached hydrogens (tertiary/aromatic N) is 1. The highest BCUT2D eigenvalue weighted by atomic mass is 32.2. The first-order chi connectivity index (χ1) is 9.58. The molecule has 0 aliphatic carbocycles. The summed E-state index contributed by atoms with van der Waals surface area (Å²) < 4.78 is 11.5. The molecule has 106 valence electrons. The molecule has 1 heterocycles. The normalized spacial score (nSPS) is 16.9. The Balaban J connectivity index is 2.43. The molecule has 1 saturated heterocycles. The minimum absolute atomic E-state index is 0.0923. The molecular formula is C14H15NO3S2. The highest BCUT2D eigenvalue weighted by molar-refractivity contribution is 8.26. The van der Waals surface area contributed by atoms with E-state index >= 15 is 0 Å². The SMILES string of the molecule is CCOc1c(C=C2SC(=S)N(C)C2=O)cccc1OC. The molecule has 0 bridgehead atoms. The Bertz CT molecular complexity index is 584. The average molecular weight is 309 g/mol. The summed E-state index contributed by atoms with van der Waals surface area (Å²) in [6, 6.07) is 5.57. The molecule has 0 saturated carbocycles. The predicted octanol–water partition coefficient (Wildman–Crippen LogP) is 2.92. The van der Waals surface area contributed by atoms with Gasteiger partial charge in [0.05, 0.1) is 18.6 Å². The fraction of sp³-hybridized carbons (Fsp3) is 0.286. The maximum Gasteiger partial charge on any atom is 0.265 e. The maximum atomic E-state index is 12.0. The Morgan fingerprint density at radius 1 is 1.45 bits per heavy atom. The van der Waals surface area contributed by atoms with Crippen molar-refractivity contribution in [3.8, 4) is 11.5 Å². The number of amides is 1. The zero-order valence-electron chi connectivity index (χ0n) is 11.5. The Hall–Kier alpha value is -1.53. The van der Waals surface area contributed by atoms with E-state index in [0.29, 0.717) is 27.3 Å². The number of hydrogen-bond donors (Lipinski definition) is 0. The monoisotopic (exact) mass is 309 g/mol. The number of carbonyl (C=O) groups is 1. The van der Waals surface area contributed by atoms with Crippen molar-refractivity contribution in [2.24, 2.45) is 0 Å². The summed E-state index contributed by atoms with van der Waals surface area (Å²) in [5.74, 6) is 1.19. The fourth-order valence-corrected chi connectivity index (χ4v) is 2.96. The highest BCUT2D eigenvalue weighted by Crippen LogP contribution is 2.36. The van der Waals surface area contributed by atoms with Crippen molar-refractivity contribution < 1.29 is 14.3 Å². The van der Waals surface area contributed by atoms with Crippen molar-refractivity contribution in [1.29, 1.82) is 0 Å².